The van der Waals surface area contributed by atoms with Gasteiger partial charge in [0.1, 0.15) is 22.2 Å². The third kappa shape index (κ3) is 5.62. The Hall–Kier alpha value is -0.380. The number of Topliss-reactive ketones (excluding diaryl/α,β-unsaturated/α-hetero) is 1. The average molecular weight is 122 g/mol. The minimum Gasteiger partial charge on any atom is -0.299 e. The maximum atomic E-state index is 9.87. The van der Waals surface area contributed by atoms with Gasteiger partial charge in [-0.05, 0) is 6.92 Å². The lowest BCUT2D eigenvalue weighted by atomic mass is 10.5. The molecular formula is C3H6O3S. The third-order valence-corrected chi connectivity index (χ3v) is 1.06. The zero-order chi connectivity index (χ0) is 5.86. The second kappa shape index (κ2) is 2.74. The molecule has 3 nitrogen and oxygen atoms in total. The smallest absolute Gasteiger partial charge is 0.147 e. The van der Waals surface area contributed by atoms with E-state index < -0.39 is 10.7 Å². The SMILES string of the molecule is CC(=O)C[SH](=O)=O. The molecule has 0 amide bonds. The molecule has 42 valence electrons. The molecule has 0 heterocycles. The van der Waals surface area contributed by atoms with Crippen LogP contribution < -0.4 is 0 Å². The Balaban J connectivity index is 3.53. The van der Waals surface area contributed by atoms with Crippen molar-refractivity contribution in [2.24, 2.45) is 0 Å². The zero-order valence-electron chi connectivity index (χ0n) is 3.88. The topological polar surface area (TPSA) is 51.2 Å². The van der Waals surface area contributed by atoms with Gasteiger partial charge in [0.15, 0.2) is 0 Å². The molecule has 0 aromatic heterocycles. The first-order valence-corrected chi connectivity index (χ1v) is 3.10. The Morgan fingerprint density at radius 1 is 1.57 bits per heavy atom. The van der Waals surface area contributed by atoms with Gasteiger partial charge in [-0.3, -0.25) is 4.79 Å². The van der Waals surface area contributed by atoms with Crippen LogP contribution in [0, 0.1) is 0 Å². The molecule has 0 radical (unpaired) electrons. The highest BCUT2D eigenvalue weighted by molar-refractivity contribution is 7.73. The maximum Gasteiger partial charge on any atom is 0.147 e. The second-order valence-corrected chi connectivity index (χ2v) is 2.17. The van der Waals surface area contributed by atoms with E-state index in [1.54, 1.807) is 0 Å². The van der Waals surface area contributed by atoms with E-state index in [9.17, 15) is 13.2 Å². The molecule has 0 aromatic rings. The Morgan fingerprint density at radius 3 is 2.00 bits per heavy atom. The van der Waals surface area contributed by atoms with Crippen LogP contribution in [0.5, 0.6) is 0 Å². The molecule has 0 aliphatic carbocycles. The molecule has 0 aliphatic rings. The van der Waals surface area contributed by atoms with Crippen LogP contribution in [0.3, 0.4) is 0 Å². The molecular weight excluding hydrogens is 116 g/mol. The van der Waals surface area contributed by atoms with Gasteiger partial charge < -0.3 is 0 Å². The maximum absolute atomic E-state index is 9.87. The summed E-state index contributed by atoms with van der Waals surface area (Å²) in [5, 5.41) is 0. The van der Waals surface area contributed by atoms with Crippen LogP contribution in [0.25, 0.3) is 0 Å². The van der Waals surface area contributed by atoms with Gasteiger partial charge in [0.05, 0.1) is 0 Å². The molecule has 0 unspecified atom stereocenters. The van der Waals surface area contributed by atoms with Crippen molar-refractivity contribution in [3.05, 3.63) is 0 Å². The normalized spacial score (nSPS) is 9.43. The van der Waals surface area contributed by atoms with Crippen LogP contribution in [-0.2, 0) is 15.5 Å². The van der Waals surface area contributed by atoms with Gasteiger partial charge in [0.25, 0.3) is 0 Å². The van der Waals surface area contributed by atoms with Crippen molar-refractivity contribution in [1.82, 2.24) is 0 Å². The Kier molecular flexibility index (Phi) is 2.59. The lowest BCUT2D eigenvalue weighted by molar-refractivity contribution is -0.114. The summed E-state index contributed by atoms with van der Waals surface area (Å²) in [7, 11) is -2.49. The number of rotatable bonds is 2. The van der Waals surface area contributed by atoms with Crippen molar-refractivity contribution in [2.75, 3.05) is 5.75 Å². The fraction of sp³-hybridized carbons (Fsp3) is 0.667. The van der Waals surface area contributed by atoms with Gasteiger partial charge in [-0.15, -0.1) is 0 Å². The van der Waals surface area contributed by atoms with Gasteiger partial charge in [0.2, 0.25) is 0 Å². The van der Waals surface area contributed by atoms with Gasteiger partial charge in [-0.1, -0.05) is 0 Å². The first-order chi connectivity index (χ1) is 3.13. The molecule has 0 saturated heterocycles. The first kappa shape index (κ1) is 6.62. The van der Waals surface area contributed by atoms with E-state index in [1.165, 1.54) is 6.92 Å². The lowest BCUT2D eigenvalue weighted by Gasteiger charge is -1.74. The number of hydrogen-bond acceptors (Lipinski definition) is 3. The summed E-state index contributed by atoms with van der Waals surface area (Å²) < 4.78 is 19.3. The van der Waals surface area contributed by atoms with Crippen molar-refractivity contribution in [3.63, 3.8) is 0 Å². The number of carbonyl (C=O) groups is 1. The molecule has 0 fully saturated rings. The quantitative estimate of drug-likeness (QED) is 0.487. The fourth-order valence-corrected chi connectivity index (χ4v) is 0.545. The monoisotopic (exact) mass is 122 g/mol. The number of thiol groups is 1. The minimum atomic E-state index is -2.49. The summed E-state index contributed by atoms with van der Waals surface area (Å²) in [6.45, 7) is 1.24. The summed E-state index contributed by atoms with van der Waals surface area (Å²) in [5.41, 5.74) is 0. The molecule has 0 N–H and O–H groups in total. The van der Waals surface area contributed by atoms with Crippen LogP contribution in [0.4, 0.5) is 0 Å². The highest BCUT2D eigenvalue weighted by atomic mass is 32.2. The van der Waals surface area contributed by atoms with E-state index in [0.29, 0.717) is 0 Å². The fourth-order valence-electron chi connectivity index (χ4n) is 0.182. The minimum absolute atomic E-state index is 0.309. The summed E-state index contributed by atoms with van der Waals surface area (Å²) in [6, 6.07) is 0. The van der Waals surface area contributed by atoms with Crippen molar-refractivity contribution in [1.29, 1.82) is 0 Å². The van der Waals surface area contributed by atoms with Crippen molar-refractivity contribution < 1.29 is 13.2 Å². The second-order valence-electron chi connectivity index (χ2n) is 1.19. The molecule has 0 aliphatic heterocycles. The Bertz CT molecular complexity index is 127. The van der Waals surface area contributed by atoms with Crippen molar-refractivity contribution in [2.45, 2.75) is 6.92 Å². The van der Waals surface area contributed by atoms with Crippen LogP contribution in [0.15, 0.2) is 0 Å². The van der Waals surface area contributed by atoms with Crippen LogP contribution >= 0.6 is 0 Å². The molecule has 0 rings (SSSR count). The molecule has 0 spiro atoms. The third-order valence-electron chi connectivity index (χ3n) is 0.352. The molecule has 0 saturated carbocycles. The van der Waals surface area contributed by atoms with E-state index in [4.69, 9.17) is 0 Å². The van der Waals surface area contributed by atoms with E-state index in [2.05, 4.69) is 0 Å². The van der Waals surface area contributed by atoms with Crippen LogP contribution in [0.2, 0.25) is 0 Å². The zero-order valence-corrected chi connectivity index (χ0v) is 4.77. The summed E-state index contributed by atoms with van der Waals surface area (Å²) >= 11 is 0. The highest BCUT2D eigenvalue weighted by Crippen LogP contribution is 1.66. The number of carbonyl (C=O) groups excluding carboxylic acids is 1. The Morgan fingerprint density at radius 2 is 2.00 bits per heavy atom. The number of ketones is 1. The van der Waals surface area contributed by atoms with Gasteiger partial charge in [-0.2, -0.15) is 0 Å². The van der Waals surface area contributed by atoms with Crippen LogP contribution in [-0.4, -0.2) is 20.0 Å². The summed E-state index contributed by atoms with van der Waals surface area (Å²) in [4.78, 5) is 9.87. The number of hydrogen-bond donors (Lipinski definition) is 1. The summed E-state index contributed by atoms with van der Waals surface area (Å²) in [5.74, 6) is -0.633. The molecule has 4 heteroatoms. The van der Waals surface area contributed by atoms with Gasteiger partial charge >= 0.3 is 0 Å². The first-order valence-electron chi connectivity index (χ1n) is 1.74. The average Bonchev–Trinajstić information content (AvgIpc) is 1.27. The lowest BCUT2D eigenvalue weighted by Crippen LogP contribution is -1.98. The van der Waals surface area contributed by atoms with Gasteiger partial charge in [0, 0.05) is 0 Å². The van der Waals surface area contributed by atoms with Gasteiger partial charge in [-0.25, -0.2) is 8.42 Å². The molecule has 0 aromatic carbocycles. The largest absolute Gasteiger partial charge is 0.299 e. The van der Waals surface area contributed by atoms with E-state index in [1.807, 2.05) is 0 Å². The predicted octanol–water partition coefficient (Wildman–Crippen LogP) is -0.813. The van der Waals surface area contributed by atoms with E-state index >= 15 is 0 Å². The Labute approximate surface area is 43.3 Å². The molecule has 7 heavy (non-hydrogen) atoms. The van der Waals surface area contributed by atoms with E-state index in [-0.39, 0.29) is 11.5 Å². The van der Waals surface area contributed by atoms with Crippen molar-refractivity contribution in [3.8, 4) is 0 Å². The predicted molar refractivity (Wildman–Crippen MR) is 25.9 cm³/mol. The molecule has 0 atom stereocenters. The molecule has 0 bridgehead atoms. The standard InChI is InChI=1S/C3H6O3S/c1-3(4)2-7(5)6/h7H,2H2,1H3. The van der Waals surface area contributed by atoms with Crippen LogP contribution in [0.1, 0.15) is 6.92 Å². The van der Waals surface area contributed by atoms with E-state index in [0.717, 1.165) is 0 Å². The van der Waals surface area contributed by atoms with Crippen molar-refractivity contribution >= 4 is 16.5 Å². The summed E-state index contributed by atoms with van der Waals surface area (Å²) in [6.07, 6.45) is 0. The highest BCUT2D eigenvalue weighted by Gasteiger charge is 1.90.